The number of nitrogens with one attached hydrogen (secondary N) is 1. The van der Waals surface area contributed by atoms with Crippen LogP contribution in [0.3, 0.4) is 0 Å². The van der Waals surface area contributed by atoms with Gasteiger partial charge in [-0.1, -0.05) is 78.9 Å². The van der Waals surface area contributed by atoms with Crippen LogP contribution >= 0.6 is 11.8 Å². The second-order valence-corrected chi connectivity index (χ2v) is 8.87. The molecule has 152 valence electrons. The number of hydrazone groups is 1. The molecule has 3 aromatic carbocycles. The fourth-order valence-electron chi connectivity index (χ4n) is 4.25. The van der Waals surface area contributed by atoms with Crippen molar-refractivity contribution in [3.8, 4) is 5.75 Å². The first-order valence-corrected chi connectivity index (χ1v) is 11.0. The Labute approximate surface area is 184 Å². The van der Waals surface area contributed by atoms with Crippen LogP contribution in [-0.4, -0.2) is 21.8 Å². The Morgan fingerprint density at radius 3 is 2.52 bits per heavy atom. The molecule has 3 heterocycles. The van der Waals surface area contributed by atoms with Crippen LogP contribution < -0.4 is 10.1 Å². The minimum atomic E-state index is -1.10. The lowest BCUT2D eigenvalue weighted by Crippen LogP contribution is -2.58. The number of carbonyl (C=O) groups is 1. The zero-order valence-corrected chi connectivity index (χ0v) is 17.4. The van der Waals surface area contributed by atoms with E-state index in [1.54, 1.807) is 0 Å². The average Bonchev–Trinajstić information content (AvgIpc) is 3.39. The summed E-state index contributed by atoms with van der Waals surface area (Å²) in [6, 6.07) is 28.0. The van der Waals surface area contributed by atoms with Gasteiger partial charge in [-0.2, -0.15) is 5.10 Å². The summed E-state index contributed by atoms with van der Waals surface area (Å²) in [5.41, 5.74) is 4.12. The molecule has 0 aliphatic carbocycles. The van der Waals surface area contributed by atoms with Crippen molar-refractivity contribution in [3.05, 3.63) is 107 Å². The Morgan fingerprint density at radius 2 is 1.71 bits per heavy atom. The molecule has 3 aliphatic rings. The molecule has 1 spiro atoms. The number of hydrogen-bond donors (Lipinski definition) is 1. The zero-order valence-electron chi connectivity index (χ0n) is 16.6. The van der Waals surface area contributed by atoms with Gasteiger partial charge in [0.25, 0.3) is 5.91 Å². The maximum atomic E-state index is 12.9. The van der Waals surface area contributed by atoms with Gasteiger partial charge in [-0.25, -0.2) is 5.01 Å². The summed E-state index contributed by atoms with van der Waals surface area (Å²) in [5.74, 6) is 0.623. The van der Waals surface area contributed by atoms with Crippen molar-refractivity contribution in [2.24, 2.45) is 5.10 Å². The van der Waals surface area contributed by atoms with Crippen LogP contribution in [0.4, 0.5) is 0 Å². The lowest BCUT2D eigenvalue weighted by Gasteiger charge is -2.43. The highest BCUT2D eigenvalue weighted by Gasteiger charge is 2.57. The first-order valence-electron chi connectivity index (χ1n) is 10.2. The van der Waals surface area contributed by atoms with Crippen LogP contribution in [0.2, 0.25) is 0 Å². The van der Waals surface area contributed by atoms with Crippen molar-refractivity contribution in [1.82, 2.24) is 10.3 Å². The molecule has 1 amide bonds. The standard InChI is InChI=1S/C25H19N3O2S/c29-24-23(15-17-9-3-1-4-10-17)31-25(26-24)28-21(19-13-7-8-14-22(19)30-25)16-20(27-28)18-11-5-2-6-12-18/h1-15,21H,16H2,(H,26,29)/b23-15-/t21-,25-/m1/s1. The van der Waals surface area contributed by atoms with E-state index in [4.69, 9.17) is 9.84 Å². The minimum absolute atomic E-state index is 0.0102. The number of carbonyl (C=O) groups excluding carboxylic acids is 1. The molecule has 0 saturated carbocycles. The van der Waals surface area contributed by atoms with Crippen molar-refractivity contribution >= 4 is 29.5 Å². The lowest BCUT2D eigenvalue weighted by molar-refractivity contribution is -0.127. The summed E-state index contributed by atoms with van der Waals surface area (Å²) in [4.78, 5) is 13.6. The Kier molecular flexibility index (Phi) is 4.14. The zero-order chi connectivity index (χ0) is 20.8. The van der Waals surface area contributed by atoms with Gasteiger partial charge in [0.1, 0.15) is 5.75 Å². The van der Waals surface area contributed by atoms with E-state index >= 15 is 0 Å². The van der Waals surface area contributed by atoms with E-state index in [0.717, 1.165) is 34.6 Å². The van der Waals surface area contributed by atoms with Crippen molar-refractivity contribution < 1.29 is 9.53 Å². The van der Waals surface area contributed by atoms with Gasteiger partial charge in [0, 0.05) is 12.0 Å². The monoisotopic (exact) mass is 425 g/mol. The van der Waals surface area contributed by atoms with Gasteiger partial charge in [-0.3, -0.25) is 10.1 Å². The lowest BCUT2D eigenvalue weighted by atomic mass is 9.97. The summed E-state index contributed by atoms with van der Waals surface area (Å²) < 4.78 is 6.43. The molecule has 6 rings (SSSR count). The molecule has 31 heavy (non-hydrogen) atoms. The molecule has 6 heteroatoms. The molecule has 2 atom stereocenters. The van der Waals surface area contributed by atoms with Gasteiger partial charge < -0.3 is 4.74 Å². The normalized spacial score (nSPS) is 25.1. The first-order chi connectivity index (χ1) is 15.2. The van der Waals surface area contributed by atoms with Gasteiger partial charge in [-0.15, -0.1) is 0 Å². The van der Waals surface area contributed by atoms with Crippen molar-refractivity contribution in [3.63, 3.8) is 0 Å². The van der Waals surface area contributed by atoms with Crippen LogP contribution in [0, 0.1) is 0 Å². The number of thioether (sulfide) groups is 1. The second-order valence-electron chi connectivity index (χ2n) is 7.67. The molecule has 0 unspecified atom stereocenters. The Bertz CT molecular complexity index is 1230. The number of para-hydroxylation sites is 1. The molecule has 1 saturated heterocycles. The highest BCUT2D eigenvalue weighted by molar-refractivity contribution is 8.05. The number of ether oxygens (including phenoxy) is 1. The summed E-state index contributed by atoms with van der Waals surface area (Å²) in [5, 5.41) is 8.85. The third-order valence-electron chi connectivity index (χ3n) is 5.69. The summed E-state index contributed by atoms with van der Waals surface area (Å²) >= 11 is 1.37. The smallest absolute Gasteiger partial charge is 0.336 e. The predicted molar refractivity (Wildman–Crippen MR) is 122 cm³/mol. The van der Waals surface area contributed by atoms with E-state index in [9.17, 15) is 4.79 Å². The van der Waals surface area contributed by atoms with Crippen LogP contribution in [0.5, 0.6) is 5.75 Å². The van der Waals surface area contributed by atoms with E-state index in [1.807, 2.05) is 77.8 Å². The average molecular weight is 426 g/mol. The quantitative estimate of drug-likeness (QED) is 0.603. The Morgan fingerprint density at radius 1 is 1.00 bits per heavy atom. The number of rotatable bonds is 2. The van der Waals surface area contributed by atoms with Crippen LogP contribution in [0.1, 0.15) is 29.2 Å². The molecule has 0 aromatic heterocycles. The fraction of sp³-hybridized carbons (Fsp3) is 0.120. The molecule has 0 radical (unpaired) electrons. The first kappa shape index (κ1) is 18.3. The van der Waals surface area contributed by atoms with Crippen molar-refractivity contribution in [1.29, 1.82) is 0 Å². The van der Waals surface area contributed by atoms with E-state index in [0.29, 0.717) is 4.91 Å². The van der Waals surface area contributed by atoms with Gasteiger partial charge in [-0.05, 0) is 35.0 Å². The fourth-order valence-corrected chi connectivity index (χ4v) is 5.42. The largest absolute Gasteiger partial charge is 0.439 e. The summed E-state index contributed by atoms with van der Waals surface area (Å²) in [6.45, 7) is 0. The third-order valence-corrected chi connectivity index (χ3v) is 6.86. The maximum Gasteiger partial charge on any atom is 0.336 e. The molecule has 3 aliphatic heterocycles. The third kappa shape index (κ3) is 3.02. The van der Waals surface area contributed by atoms with Crippen LogP contribution in [-0.2, 0) is 4.79 Å². The van der Waals surface area contributed by atoms with E-state index < -0.39 is 5.18 Å². The van der Waals surface area contributed by atoms with Gasteiger partial charge in [0.15, 0.2) is 0 Å². The Hall–Kier alpha value is -3.51. The molecule has 3 aromatic rings. The molecular weight excluding hydrogens is 406 g/mol. The van der Waals surface area contributed by atoms with E-state index in [-0.39, 0.29) is 11.9 Å². The van der Waals surface area contributed by atoms with Gasteiger partial charge >= 0.3 is 5.18 Å². The summed E-state index contributed by atoms with van der Waals surface area (Å²) in [6.07, 6.45) is 2.64. The number of hydrogen-bond acceptors (Lipinski definition) is 5. The van der Waals surface area contributed by atoms with Crippen LogP contribution in [0.15, 0.2) is 94.9 Å². The minimum Gasteiger partial charge on any atom is -0.439 e. The number of amides is 1. The molecule has 0 bridgehead atoms. The maximum absolute atomic E-state index is 12.9. The highest BCUT2D eigenvalue weighted by atomic mass is 32.2. The SMILES string of the molecule is O=C1N[C@@]2(Oc3ccccc3[C@H]3CC(c4ccccc4)=NN32)S/C1=C\c1ccccc1. The van der Waals surface area contributed by atoms with Crippen molar-refractivity contribution in [2.45, 2.75) is 17.6 Å². The van der Waals surface area contributed by atoms with Gasteiger partial charge in [0.2, 0.25) is 0 Å². The molecular formula is C25H19N3O2S. The number of nitrogens with zero attached hydrogens (tertiary/aromatic N) is 2. The summed E-state index contributed by atoms with van der Waals surface area (Å²) in [7, 11) is 0. The highest BCUT2D eigenvalue weighted by Crippen LogP contribution is 2.53. The molecule has 1 fully saturated rings. The topological polar surface area (TPSA) is 53.9 Å². The van der Waals surface area contributed by atoms with Gasteiger partial charge in [0.05, 0.1) is 16.7 Å². The molecule has 5 nitrogen and oxygen atoms in total. The Balaban J connectivity index is 1.43. The predicted octanol–water partition coefficient (Wildman–Crippen LogP) is 4.75. The van der Waals surface area contributed by atoms with E-state index in [1.165, 1.54) is 11.8 Å². The second kappa shape index (κ2) is 7.03. The number of fused-ring (bicyclic) bond motifs is 4. The van der Waals surface area contributed by atoms with Crippen molar-refractivity contribution in [2.75, 3.05) is 0 Å². The van der Waals surface area contributed by atoms with Crippen LogP contribution in [0.25, 0.3) is 6.08 Å². The molecule has 1 N–H and O–H groups in total. The van der Waals surface area contributed by atoms with E-state index in [2.05, 4.69) is 23.5 Å². The number of benzene rings is 3.